The van der Waals surface area contributed by atoms with Gasteiger partial charge in [0.2, 0.25) is 0 Å². The molecule has 1 aromatic carbocycles. The van der Waals surface area contributed by atoms with Crippen LogP contribution >= 0.6 is 22.9 Å². The first-order chi connectivity index (χ1) is 11.5. The number of likely N-dealkylation sites (tertiary alicyclic amines) is 1. The SMILES string of the molecule is COc1ccc(C(c2ccc(Cl)s2)N2CCCC2C(=O)O)cc1F. The Morgan fingerprint density at radius 2 is 2.25 bits per heavy atom. The Morgan fingerprint density at radius 3 is 2.83 bits per heavy atom. The van der Waals surface area contributed by atoms with Crippen molar-refractivity contribution in [2.45, 2.75) is 24.9 Å². The molecule has 1 aromatic heterocycles. The van der Waals surface area contributed by atoms with Gasteiger partial charge in [-0.3, -0.25) is 9.69 Å². The average Bonchev–Trinajstić information content (AvgIpc) is 3.18. The molecule has 1 fully saturated rings. The van der Waals surface area contributed by atoms with E-state index in [1.54, 1.807) is 18.2 Å². The zero-order valence-corrected chi connectivity index (χ0v) is 14.6. The average molecular weight is 370 g/mol. The standard InChI is InChI=1S/C17H17ClFNO3S/c1-23-13-5-4-10(9-11(13)19)16(14-6-7-15(18)24-14)20-8-2-3-12(20)17(21)22/h4-7,9,12,16H,2-3,8H2,1H3,(H,21,22). The van der Waals surface area contributed by atoms with Crippen LogP contribution in [0.1, 0.15) is 29.3 Å². The second-order valence-electron chi connectivity index (χ2n) is 5.67. The van der Waals surface area contributed by atoms with Crippen LogP contribution in [0, 0.1) is 5.82 Å². The van der Waals surface area contributed by atoms with Crippen molar-refractivity contribution < 1.29 is 19.0 Å². The summed E-state index contributed by atoms with van der Waals surface area (Å²) in [4.78, 5) is 14.4. The second-order valence-corrected chi connectivity index (χ2v) is 7.42. The highest BCUT2D eigenvalue weighted by Gasteiger charge is 2.37. The molecule has 24 heavy (non-hydrogen) atoms. The maximum atomic E-state index is 14.2. The van der Waals surface area contributed by atoms with Gasteiger partial charge in [0.1, 0.15) is 6.04 Å². The van der Waals surface area contributed by atoms with Crippen molar-refractivity contribution in [3.8, 4) is 5.75 Å². The highest BCUT2D eigenvalue weighted by Crippen LogP contribution is 2.40. The molecule has 7 heteroatoms. The fourth-order valence-electron chi connectivity index (χ4n) is 3.21. The Bertz CT molecular complexity index is 751. The van der Waals surface area contributed by atoms with E-state index in [2.05, 4.69) is 0 Å². The van der Waals surface area contributed by atoms with Gasteiger partial charge >= 0.3 is 5.97 Å². The summed E-state index contributed by atoms with van der Waals surface area (Å²) in [6.07, 6.45) is 1.38. The van der Waals surface area contributed by atoms with Crippen molar-refractivity contribution in [3.63, 3.8) is 0 Å². The van der Waals surface area contributed by atoms with E-state index in [9.17, 15) is 14.3 Å². The summed E-state index contributed by atoms with van der Waals surface area (Å²) in [7, 11) is 1.41. The lowest BCUT2D eigenvalue weighted by Crippen LogP contribution is -2.39. The Balaban J connectivity index is 2.05. The molecule has 0 amide bonds. The zero-order valence-electron chi connectivity index (χ0n) is 13.0. The quantitative estimate of drug-likeness (QED) is 0.858. The van der Waals surface area contributed by atoms with Crippen molar-refractivity contribution in [2.24, 2.45) is 0 Å². The van der Waals surface area contributed by atoms with Crippen molar-refractivity contribution in [2.75, 3.05) is 13.7 Å². The molecule has 0 bridgehead atoms. The maximum Gasteiger partial charge on any atom is 0.320 e. The van der Waals surface area contributed by atoms with E-state index in [1.807, 2.05) is 11.0 Å². The lowest BCUT2D eigenvalue weighted by Gasteiger charge is -2.31. The number of carboxylic acids is 1. The Morgan fingerprint density at radius 1 is 1.46 bits per heavy atom. The maximum absolute atomic E-state index is 14.2. The van der Waals surface area contributed by atoms with Crippen molar-refractivity contribution in [3.05, 3.63) is 50.9 Å². The van der Waals surface area contributed by atoms with E-state index in [0.717, 1.165) is 11.3 Å². The number of carboxylic acid groups (broad SMARTS) is 1. The van der Waals surface area contributed by atoms with Crippen LogP contribution in [0.25, 0.3) is 0 Å². The summed E-state index contributed by atoms with van der Waals surface area (Å²) in [6.45, 7) is 0.644. The fraction of sp³-hybridized carbons (Fsp3) is 0.353. The number of thiophene rings is 1. The summed E-state index contributed by atoms with van der Waals surface area (Å²) in [5.41, 5.74) is 0.694. The van der Waals surface area contributed by atoms with Gasteiger partial charge in [0, 0.05) is 11.4 Å². The number of carbonyl (C=O) groups is 1. The van der Waals surface area contributed by atoms with Crippen molar-refractivity contribution in [1.29, 1.82) is 0 Å². The number of nitrogens with zero attached hydrogens (tertiary/aromatic N) is 1. The van der Waals surface area contributed by atoms with Gasteiger partial charge in [-0.1, -0.05) is 17.7 Å². The minimum atomic E-state index is -0.853. The highest BCUT2D eigenvalue weighted by atomic mass is 35.5. The molecule has 2 aromatic rings. The van der Waals surface area contributed by atoms with Crippen molar-refractivity contribution >= 4 is 28.9 Å². The molecule has 1 saturated heterocycles. The number of methoxy groups -OCH3 is 1. The Hall–Kier alpha value is -1.63. The Labute approximate surface area is 148 Å². The van der Waals surface area contributed by atoms with Crippen LogP contribution in [0.15, 0.2) is 30.3 Å². The number of hydrogen-bond acceptors (Lipinski definition) is 4. The van der Waals surface area contributed by atoms with E-state index >= 15 is 0 Å². The molecule has 0 spiro atoms. The molecule has 3 rings (SSSR count). The molecule has 1 N–H and O–H groups in total. The number of rotatable bonds is 5. The third kappa shape index (κ3) is 3.27. The third-order valence-corrected chi connectivity index (χ3v) is 5.55. The van der Waals surface area contributed by atoms with Gasteiger partial charge in [0.25, 0.3) is 0 Å². The number of hydrogen-bond donors (Lipinski definition) is 1. The zero-order chi connectivity index (χ0) is 17.3. The molecular weight excluding hydrogens is 353 g/mol. The van der Waals surface area contributed by atoms with Crippen LogP contribution in [0.4, 0.5) is 4.39 Å². The first kappa shape index (κ1) is 17.2. The minimum absolute atomic E-state index is 0.165. The third-order valence-electron chi connectivity index (χ3n) is 4.27. The predicted molar refractivity (Wildman–Crippen MR) is 91.5 cm³/mol. The van der Waals surface area contributed by atoms with Gasteiger partial charge < -0.3 is 9.84 Å². The van der Waals surface area contributed by atoms with Gasteiger partial charge in [-0.05, 0) is 42.7 Å². The largest absolute Gasteiger partial charge is 0.494 e. The smallest absolute Gasteiger partial charge is 0.320 e. The molecule has 2 atom stereocenters. The lowest BCUT2D eigenvalue weighted by atomic mass is 10.0. The van der Waals surface area contributed by atoms with Gasteiger partial charge in [0.15, 0.2) is 11.6 Å². The molecule has 0 radical (unpaired) electrons. The predicted octanol–water partition coefficient (Wildman–Crippen LogP) is 4.19. The van der Waals surface area contributed by atoms with E-state index < -0.39 is 17.8 Å². The van der Waals surface area contributed by atoms with Gasteiger partial charge in [0.05, 0.1) is 17.5 Å². The van der Waals surface area contributed by atoms with Crippen LogP contribution in [-0.4, -0.2) is 35.7 Å². The molecule has 4 nitrogen and oxygen atoms in total. The van der Waals surface area contributed by atoms with Crippen LogP contribution < -0.4 is 4.74 Å². The minimum Gasteiger partial charge on any atom is -0.494 e. The number of halogens is 2. The summed E-state index contributed by atoms with van der Waals surface area (Å²) < 4.78 is 19.8. The van der Waals surface area contributed by atoms with Crippen molar-refractivity contribution in [1.82, 2.24) is 4.90 Å². The summed E-state index contributed by atoms with van der Waals surface area (Å²) >= 11 is 7.45. The fourth-order valence-corrected chi connectivity index (χ4v) is 4.42. The molecule has 1 aliphatic rings. The van der Waals surface area contributed by atoms with E-state index in [1.165, 1.54) is 24.5 Å². The molecule has 1 aliphatic heterocycles. The van der Waals surface area contributed by atoms with E-state index in [4.69, 9.17) is 16.3 Å². The number of benzene rings is 1. The monoisotopic (exact) mass is 369 g/mol. The first-order valence-corrected chi connectivity index (χ1v) is 8.78. The van der Waals surface area contributed by atoms with Gasteiger partial charge in [-0.15, -0.1) is 11.3 Å². The summed E-state index contributed by atoms with van der Waals surface area (Å²) in [5, 5.41) is 9.51. The van der Waals surface area contributed by atoms with Crippen LogP contribution in [0.5, 0.6) is 5.75 Å². The van der Waals surface area contributed by atoms with Gasteiger partial charge in [-0.25, -0.2) is 4.39 Å². The molecule has 2 unspecified atom stereocenters. The molecule has 2 heterocycles. The highest BCUT2D eigenvalue weighted by molar-refractivity contribution is 7.16. The molecule has 0 saturated carbocycles. The number of aliphatic carboxylic acids is 1. The topological polar surface area (TPSA) is 49.8 Å². The molecular formula is C17H17ClFNO3S. The van der Waals surface area contributed by atoms with Crippen LogP contribution in [0.3, 0.4) is 0 Å². The summed E-state index contributed by atoms with van der Waals surface area (Å²) in [5.74, 6) is -1.15. The second kappa shape index (κ2) is 7.09. The normalized spacial score (nSPS) is 19.4. The Kier molecular flexibility index (Phi) is 5.08. The van der Waals surface area contributed by atoms with Crippen LogP contribution in [0.2, 0.25) is 4.34 Å². The summed E-state index contributed by atoms with van der Waals surface area (Å²) in [6, 6.07) is 7.48. The van der Waals surface area contributed by atoms with E-state index in [0.29, 0.717) is 22.9 Å². The van der Waals surface area contributed by atoms with E-state index in [-0.39, 0.29) is 11.8 Å². The lowest BCUT2D eigenvalue weighted by molar-refractivity contribution is -0.142. The first-order valence-electron chi connectivity index (χ1n) is 7.58. The molecule has 128 valence electrons. The van der Waals surface area contributed by atoms with Gasteiger partial charge in [-0.2, -0.15) is 0 Å². The number of ether oxygens (including phenoxy) is 1. The van der Waals surface area contributed by atoms with Crippen LogP contribution in [-0.2, 0) is 4.79 Å². The molecule has 0 aliphatic carbocycles.